The average molecular weight is 356 g/mol. The van der Waals surface area contributed by atoms with E-state index in [1.807, 2.05) is 0 Å². The molecule has 0 aromatic heterocycles. The van der Waals surface area contributed by atoms with Crippen molar-refractivity contribution in [2.24, 2.45) is 0 Å². The lowest BCUT2D eigenvalue weighted by atomic mass is 10.1. The van der Waals surface area contributed by atoms with Gasteiger partial charge in [0.2, 0.25) is 5.76 Å². The lowest BCUT2D eigenvalue weighted by Gasteiger charge is -2.21. The molecule has 0 aliphatic carbocycles. The lowest BCUT2D eigenvalue weighted by molar-refractivity contribution is -0.163. The van der Waals surface area contributed by atoms with E-state index in [2.05, 4.69) is 6.92 Å². The summed E-state index contributed by atoms with van der Waals surface area (Å²) in [6.45, 7) is 6.57. The quantitative estimate of drug-likeness (QED) is 0.446. The standard InChI is InChI=1S/C19H32O6/c1-4-5-6-7-8-9-10-11-12-22-17-15(20)18(21)24-16(17)14-13-23-19(2,3)25-14/h14,16,20H,4-13H2,1-3H3/t14-,16+/m0/s1. The topological polar surface area (TPSA) is 74.2 Å². The van der Waals surface area contributed by atoms with E-state index < -0.39 is 29.7 Å². The molecule has 0 amide bonds. The zero-order valence-electron chi connectivity index (χ0n) is 15.7. The van der Waals surface area contributed by atoms with Crippen LogP contribution in [0.3, 0.4) is 0 Å². The second-order valence-electron chi connectivity index (χ2n) is 7.23. The molecule has 2 aliphatic rings. The zero-order valence-corrected chi connectivity index (χ0v) is 15.7. The van der Waals surface area contributed by atoms with Crippen molar-refractivity contribution in [1.29, 1.82) is 0 Å². The third-order valence-electron chi connectivity index (χ3n) is 4.54. The van der Waals surface area contributed by atoms with Crippen LogP contribution in [0, 0.1) is 0 Å². The van der Waals surface area contributed by atoms with Gasteiger partial charge in [-0.3, -0.25) is 0 Å². The van der Waals surface area contributed by atoms with Crippen molar-refractivity contribution >= 4 is 5.97 Å². The number of esters is 1. The number of hydrogen-bond donors (Lipinski definition) is 1. The lowest BCUT2D eigenvalue weighted by Crippen LogP contribution is -2.33. The van der Waals surface area contributed by atoms with Crippen molar-refractivity contribution in [2.45, 2.75) is 90.1 Å². The number of aliphatic hydroxyl groups excluding tert-OH is 1. The summed E-state index contributed by atoms with van der Waals surface area (Å²) in [5, 5.41) is 9.93. The Bertz CT molecular complexity index is 471. The molecule has 0 saturated carbocycles. The molecule has 6 nitrogen and oxygen atoms in total. The highest BCUT2D eigenvalue weighted by Gasteiger charge is 2.47. The SMILES string of the molecule is CCCCCCCCCCOC1=C(O)C(=O)O[C@@H]1[C@@H]1COC(C)(C)O1. The molecule has 0 radical (unpaired) electrons. The maximum atomic E-state index is 11.7. The average Bonchev–Trinajstić information content (AvgIpc) is 3.06. The maximum absolute atomic E-state index is 11.7. The van der Waals surface area contributed by atoms with Gasteiger partial charge in [-0.15, -0.1) is 0 Å². The largest absolute Gasteiger partial charge is 0.499 e. The van der Waals surface area contributed by atoms with Gasteiger partial charge in [0.25, 0.3) is 0 Å². The van der Waals surface area contributed by atoms with E-state index in [0.717, 1.165) is 12.8 Å². The van der Waals surface area contributed by atoms with Crippen molar-refractivity contribution < 1.29 is 28.8 Å². The summed E-state index contributed by atoms with van der Waals surface area (Å²) in [6, 6.07) is 0. The number of hydrogen-bond acceptors (Lipinski definition) is 6. The first-order valence-electron chi connectivity index (χ1n) is 9.53. The Labute approximate surface area is 150 Å². The van der Waals surface area contributed by atoms with Crippen molar-refractivity contribution in [3.8, 4) is 0 Å². The monoisotopic (exact) mass is 356 g/mol. The Hall–Kier alpha value is -1.27. The van der Waals surface area contributed by atoms with E-state index in [-0.39, 0.29) is 5.76 Å². The second-order valence-corrected chi connectivity index (χ2v) is 7.23. The van der Waals surface area contributed by atoms with Crippen molar-refractivity contribution in [3.63, 3.8) is 0 Å². The summed E-state index contributed by atoms with van der Waals surface area (Å²) in [5.74, 6) is -1.75. The molecule has 1 saturated heterocycles. The van der Waals surface area contributed by atoms with Crippen LogP contribution in [0.15, 0.2) is 11.5 Å². The minimum atomic E-state index is -0.760. The van der Waals surface area contributed by atoms with Gasteiger partial charge in [-0.25, -0.2) is 4.79 Å². The van der Waals surface area contributed by atoms with Crippen LogP contribution in [0.4, 0.5) is 0 Å². The smallest absolute Gasteiger partial charge is 0.378 e. The van der Waals surface area contributed by atoms with E-state index in [0.29, 0.717) is 13.2 Å². The predicted molar refractivity (Wildman–Crippen MR) is 93.0 cm³/mol. The van der Waals surface area contributed by atoms with E-state index in [4.69, 9.17) is 18.9 Å². The van der Waals surface area contributed by atoms with Gasteiger partial charge in [0.1, 0.15) is 6.10 Å². The number of unbranched alkanes of at least 4 members (excludes halogenated alkanes) is 7. The molecule has 25 heavy (non-hydrogen) atoms. The Morgan fingerprint density at radius 2 is 1.76 bits per heavy atom. The molecule has 144 valence electrons. The number of ether oxygens (including phenoxy) is 4. The number of carbonyl (C=O) groups excluding carboxylic acids is 1. The van der Waals surface area contributed by atoms with Crippen molar-refractivity contribution in [2.75, 3.05) is 13.2 Å². The van der Waals surface area contributed by atoms with Crippen LogP contribution < -0.4 is 0 Å². The minimum Gasteiger partial charge on any atom is -0.499 e. The Morgan fingerprint density at radius 1 is 1.12 bits per heavy atom. The van der Waals surface area contributed by atoms with Gasteiger partial charge in [-0.1, -0.05) is 51.9 Å². The van der Waals surface area contributed by atoms with E-state index in [1.54, 1.807) is 13.8 Å². The molecule has 2 heterocycles. The number of cyclic esters (lactones) is 1. The number of rotatable bonds is 11. The summed E-state index contributed by atoms with van der Waals surface area (Å²) in [6.07, 6.45) is 8.39. The van der Waals surface area contributed by atoms with Gasteiger partial charge >= 0.3 is 5.97 Å². The van der Waals surface area contributed by atoms with Crippen LogP contribution in [-0.4, -0.2) is 42.3 Å². The highest BCUT2D eigenvalue weighted by Crippen LogP contribution is 2.33. The molecule has 0 unspecified atom stereocenters. The van der Waals surface area contributed by atoms with Crippen LogP contribution in [0.5, 0.6) is 0 Å². The van der Waals surface area contributed by atoms with Crippen LogP contribution >= 0.6 is 0 Å². The van der Waals surface area contributed by atoms with Gasteiger partial charge in [-0.05, 0) is 20.3 Å². The van der Waals surface area contributed by atoms with E-state index in [1.165, 1.54) is 38.5 Å². The fraction of sp³-hybridized carbons (Fsp3) is 0.842. The van der Waals surface area contributed by atoms with Crippen molar-refractivity contribution in [3.05, 3.63) is 11.5 Å². The van der Waals surface area contributed by atoms with Crippen LogP contribution in [0.25, 0.3) is 0 Å². The zero-order chi connectivity index (χ0) is 18.3. The molecule has 2 rings (SSSR count). The normalized spacial score (nSPS) is 25.5. The maximum Gasteiger partial charge on any atom is 0.378 e. The van der Waals surface area contributed by atoms with Crippen LogP contribution in [0.2, 0.25) is 0 Å². The first kappa shape index (κ1) is 20.0. The molecule has 0 aromatic carbocycles. The van der Waals surface area contributed by atoms with Gasteiger partial charge in [0.15, 0.2) is 17.7 Å². The molecule has 2 atom stereocenters. The third-order valence-corrected chi connectivity index (χ3v) is 4.54. The molecular weight excluding hydrogens is 324 g/mol. The molecule has 1 fully saturated rings. The Kier molecular flexibility index (Phi) is 7.56. The Morgan fingerprint density at radius 3 is 2.36 bits per heavy atom. The highest BCUT2D eigenvalue weighted by atomic mass is 16.8. The summed E-state index contributed by atoms with van der Waals surface area (Å²) in [7, 11) is 0. The van der Waals surface area contributed by atoms with Crippen LogP contribution in [0.1, 0.15) is 72.1 Å². The molecular formula is C19H32O6. The predicted octanol–water partition coefficient (Wildman–Crippen LogP) is 3.99. The second kappa shape index (κ2) is 9.43. The first-order chi connectivity index (χ1) is 11.9. The minimum absolute atomic E-state index is 0.180. The summed E-state index contributed by atoms with van der Waals surface area (Å²) >= 11 is 0. The fourth-order valence-electron chi connectivity index (χ4n) is 3.14. The van der Waals surface area contributed by atoms with E-state index in [9.17, 15) is 9.90 Å². The molecule has 6 heteroatoms. The van der Waals surface area contributed by atoms with Gasteiger partial charge in [0, 0.05) is 0 Å². The summed E-state index contributed by atoms with van der Waals surface area (Å²) in [4.78, 5) is 11.7. The number of aliphatic hydroxyl groups is 1. The summed E-state index contributed by atoms with van der Waals surface area (Å²) in [5.41, 5.74) is 0. The van der Waals surface area contributed by atoms with Gasteiger partial charge in [0.05, 0.1) is 13.2 Å². The molecule has 0 aromatic rings. The van der Waals surface area contributed by atoms with Crippen LogP contribution in [-0.2, 0) is 23.7 Å². The Balaban J connectivity index is 1.70. The number of carbonyl (C=O) groups is 1. The molecule has 0 spiro atoms. The van der Waals surface area contributed by atoms with Gasteiger partial charge in [-0.2, -0.15) is 0 Å². The van der Waals surface area contributed by atoms with Gasteiger partial charge < -0.3 is 24.1 Å². The highest BCUT2D eigenvalue weighted by molar-refractivity contribution is 5.89. The molecule has 0 bridgehead atoms. The van der Waals surface area contributed by atoms with E-state index >= 15 is 0 Å². The fourth-order valence-corrected chi connectivity index (χ4v) is 3.14. The summed E-state index contributed by atoms with van der Waals surface area (Å²) < 4.78 is 22.1. The van der Waals surface area contributed by atoms with Crippen molar-refractivity contribution in [1.82, 2.24) is 0 Å². The molecule has 1 N–H and O–H groups in total. The molecule has 2 aliphatic heterocycles. The first-order valence-corrected chi connectivity index (χ1v) is 9.53. The third kappa shape index (κ3) is 5.89.